The fourth-order valence-electron chi connectivity index (χ4n) is 6.39. The molecule has 0 aliphatic carbocycles. The van der Waals surface area contributed by atoms with Gasteiger partial charge in [0, 0.05) is 39.0 Å². The Bertz CT molecular complexity index is 2460. The fourth-order valence-corrected chi connectivity index (χ4v) is 7.37. The highest BCUT2D eigenvalue weighted by Crippen LogP contribution is 2.40. The van der Waals surface area contributed by atoms with E-state index < -0.39 is 0 Å². The Hall–Kier alpha value is -5.97. The molecule has 0 atom stereocenters. The summed E-state index contributed by atoms with van der Waals surface area (Å²) in [4.78, 5) is 7.19. The Kier molecular flexibility index (Phi) is 6.65. The monoisotopic (exact) mass is 620 g/mol. The minimum absolute atomic E-state index is 0.908. The molecule has 0 amide bonds. The number of para-hydroxylation sites is 3. The van der Waals surface area contributed by atoms with E-state index in [0.29, 0.717) is 0 Å². The lowest BCUT2D eigenvalue weighted by atomic mass is 10.0. The molecule has 0 aliphatic rings. The van der Waals surface area contributed by atoms with Crippen LogP contribution >= 0.6 is 11.3 Å². The number of fused-ring (bicyclic) bond motifs is 4. The molecule has 7 aromatic carbocycles. The summed E-state index contributed by atoms with van der Waals surface area (Å²) >= 11 is 1.73. The second-order valence-corrected chi connectivity index (χ2v) is 12.6. The maximum Gasteiger partial charge on any atom is 0.143 e. The molecule has 9 aromatic rings. The van der Waals surface area contributed by atoms with Crippen LogP contribution in [0.4, 0.5) is 17.1 Å². The molecule has 222 valence electrons. The predicted octanol–water partition coefficient (Wildman–Crippen LogP) is 12.7. The van der Waals surface area contributed by atoms with Crippen molar-refractivity contribution in [2.75, 3.05) is 4.90 Å². The zero-order valence-corrected chi connectivity index (χ0v) is 26.2. The van der Waals surface area contributed by atoms with Gasteiger partial charge in [0.25, 0.3) is 0 Å². The zero-order chi connectivity index (χ0) is 31.2. The molecular weight excluding hydrogens is 593 g/mol. The molecule has 2 heterocycles. The SMILES string of the molecule is c1ccc(-c2ccc(N(c3ccc(-c4nc5ccccc5s4)cc3)c3ccc(-c4cccc5c4oc4ccccc45)cc3)cc2)cc1. The molecule has 0 aliphatic heterocycles. The third-order valence-electron chi connectivity index (χ3n) is 8.74. The van der Waals surface area contributed by atoms with Crippen LogP contribution in [0.15, 0.2) is 174 Å². The molecule has 0 spiro atoms. The number of thiazole rings is 1. The average molecular weight is 621 g/mol. The lowest BCUT2D eigenvalue weighted by Crippen LogP contribution is -2.09. The Morgan fingerprint density at radius 1 is 0.447 bits per heavy atom. The van der Waals surface area contributed by atoms with Gasteiger partial charge in [0.05, 0.1) is 10.2 Å². The molecule has 9 rings (SSSR count). The molecular formula is C43H28N2OS. The van der Waals surface area contributed by atoms with Gasteiger partial charge in [-0.3, -0.25) is 0 Å². The van der Waals surface area contributed by atoms with Crippen LogP contribution in [0, 0.1) is 0 Å². The summed E-state index contributed by atoms with van der Waals surface area (Å²) in [6, 6.07) is 59.7. The van der Waals surface area contributed by atoms with Gasteiger partial charge in [-0.25, -0.2) is 4.98 Å². The van der Waals surface area contributed by atoms with Crippen molar-refractivity contribution in [1.29, 1.82) is 0 Å². The van der Waals surface area contributed by atoms with Gasteiger partial charge in [-0.05, 0) is 83.4 Å². The summed E-state index contributed by atoms with van der Waals surface area (Å²) in [6.45, 7) is 0. The van der Waals surface area contributed by atoms with Gasteiger partial charge < -0.3 is 9.32 Å². The van der Waals surface area contributed by atoms with Crippen molar-refractivity contribution in [3.8, 4) is 32.8 Å². The Balaban J connectivity index is 1.11. The van der Waals surface area contributed by atoms with Crippen LogP contribution in [0.1, 0.15) is 0 Å². The van der Waals surface area contributed by atoms with Crippen LogP contribution in [-0.4, -0.2) is 4.98 Å². The highest BCUT2D eigenvalue weighted by Gasteiger charge is 2.16. The standard InChI is InChI=1S/C43H28N2OS/c1-2-9-29(10-3-1)30-17-23-33(24-18-30)45(35-27-21-32(22-28-35)43-44-39-14-5-7-16-41(39)47-43)34-25-19-31(20-26-34)36-12-8-13-38-37-11-4-6-15-40(37)46-42(36)38/h1-28H. The zero-order valence-electron chi connectivity index (χ0n) is 25.4. The molecule has 0 radical (unpaired) electrons. The first-order valence-corrected chi connectivity index (χ1v) is 16.5. The van der Waals surface area contributed by atoms with Gasteiger partial charge >= 0.3 is 0 Å². The third-order valence-corrected chi connectivity index (χ3v) is 9.83. The quantitative estimate of drug-likeness (QED) is 0.185. The van der Waals surface area contributed by atoms with E-state index >= 15 is 0 Å². The first kappa shape index (κ1) is 27.3. The number of rotatable bonds is 6. The highest BCUT2D eigenvalue weighted by molar-refractivity contribution is 7.21. The molecule has 0 saturated carbocycles. The van der Waals surface area contributed by atoms with Gasteiger partial charge in [0.1, 0.15) is 16.2 Å². The lowest BCUT2D eigenvalue weighted by molar-refractivity contribution is 0.670. The maximum absolute atomic E-state index is 6.35. The first-order chi connectivity index (χ1) is 23.3. The highest BCUT2D eigenvalue weighted by atomic mass is 32.1. The summed E-state index contributed by atoms with van der Waals surface area (Å²) in [5, 5.41) is 3.30. The number of nitrogens with zero attached hydrogens (tertiary/aromatic N) is 2. The second kappa shape index (κ2) is 11.4. The number of anilines is 3. The number of hydrogen-bond donors (Lipinski definition) is 0. The lowest BCUT2D eigenvalue weighted by Gasteiger charge is -2.26. The van der Waals surface area contributed by atoms with Crippen molar-refractivity contribution in [2.24, 2.45) is 0 Å². The largest absolute Gasteiger partial charge is 0.455 e. The normalized spacial score (nSPS) is 11.4. The maximum atomic E-state index is 6.35. The third kappa shape index (κ3) is 4.96. The topological polar surface area (TPSA) is 29.3 Å². The molecule has 0 N–H and O–H groups in total. The van der Waals surface area contributed by atoms with E-state index in [4.69, 9.17) is 9.40 Å². The van der Waals surface area contributed by atoms with Crippen LogP contribution in [-0.2, 0) is 0 Å². The van der Waals surface area contributed by atoms with Crippen molar-refractivity contribution in [1.82, 2.24) is 4.98 Å². The van der Waals surface area contributed by atoms with Crippen LogP contribution in [0.3, 0.4) is 0 Å². The Labute approximate surface area is 276 Å². The predicted molar refractivity (Wildman–Crippen MR) is 198 cm³/mol. The van der Waals surface area contributed by atoms with Gasteiger partial charge in [-0.15, -0.1) is 11.3 Å². The van der Waals surface area contributed by atoms with Crippen molar-refractivity contribution >= 4 is 60.6 Å². The molecule has 0 fully saturated rings. The van der Waals surface area contributed by atoms with Gasteiger partial charge in [0.15, 0.2) is 0 Å². The second-order valence-electron chi connectivity index (χ2n) is 11.6. The molecule has 47 heavy (non-hydrogen) atoms. The first-order valence-electron chi connectivity index (χ1n) is 15.7. The number of aromatic nitrogens is 1. The van der Waals surface area contributed by atoms with E-state index in [-0.39, 0.29) is 0 Å². The van der Waals surface area contributed by atoms with Crippen LogP contribution < -0.4 is 4.90 Å². The number of furan rings is 1. The Morgan fingerprint density at radius 3 is 1.74 bits per heavy atom. The van der Waals surface area contributed by atoms with E-state index in [2.05, 4.69) is 157 Å². The van der Waals surface area contributed by atoms with Crippen molar-refractivity contribution in [2.45, 2.75) is 0 Å². The van der Waals surface area contributed by atoms with Crippen LogP contribution in [0.2, 0.25) is 0 Å². The minimum atomic E-state index is 0.908. The number of hydrogen-bond acceptors (Lipinski definition) is 4. The summed E-state index contributed by atoms with van der Waals surface area (Å²) in [7, 11) is 0. The van der Waals surface area contributed by atoms with Gasteiger partial charge in [-0.1, -0.05) is 103 Å². The Morgan fingerprint density at radius 2 is 1.02 bits per heavy atom. The summed E-state index contributed by atoms with van der Waals surface area (Å²) in [5.74, 6) is 0. The van der Waals surface area contributed by atoms with E-state index in [9.17, 15) is 0 Å². The smallest absolute Gasteiger partial charge is 0.143 e. The summed E-state index contributed by atoms with van der Waals surface area (Å²) < 4.78 is 7.55. The minimum Gasteiger partial charge on any atom is -0.455 e. The van der Waals surface area contributed by atoms with Gasteiger partial charge in [0.2, 0.25) is 0 Å². The van der Waals surface area contributed by atoms with E-state index in [1.165, 1.54) is 15.8 Å². The molecule has 4 heteroatoms. The average Bonchev–Trinajstić information content (AvgIpc) is 3.75. The van der Waals surface area contributed by atoms with Crippen molar-refractivity contribution in [3.63, 3.8) is 0 Å². The molecule has 0 bridgehead atoms. The molecule has 3 nitrogen and oxygen atoms in total. The van der Waals surface area contributed by atoms with E-state index in [1.54, 1.807) is 11.3 Å². The van der Waals surface area contributed by atoms with E-state index in [0.717, 1.165) is 66.2 Å². The summed E-state index contributed by atoms with van der Waals surface area (Å²) in [5.41, 5.74) is 11.8. The summed E-state index contributed by atoms with van der Waals surface area (Å²) in [6.07, 6.45) is 0. The van der Waals surface area contributed by atoms with Crippen LogP contribution in [0.5, 0.6) is 0 Å². The van der Waals surface area contributed by atoms with Crippen molar-refractivity contribution < 1.29 is 4.42 Å². The van der Waals surface area contributed by atoms with E-state index in [1.807, 2.05) is 18.2 Å². The van der Waals surface area contributed by atoms with Crippen LogP contribution in [0.25, 0.3) is 65.0 Å². The number of benzene rings is 7. The molecule has 0 saturated heterocycles. The van der Waals surface area contributed by atoms with Gasteiger partial charge in [-0.2, -0.15) is 0 Å². The molecule has 0 unspecified atom stereocenters. The molecule has 2 aromatic heterocycles. The van der Waals surface area contributed by atoms with Crippen molar-refractivity contribution in [3.05, 3.63) is 170 Å². The fraction of sp³-hybridized carbons (Fsp3) is 0.